The molecule has 0 saturated carbocycles. The molecule has 1 aliphatic rings. The molecule has 1 heterocycles. The second-order valence-corrected chi connectivity index (χ2v) is 3.30. The monoisotopic (exact) mass is 198 g/mol. The second-order valence-electron chi connectivity index (χ2n) is 3.30. The van der Waals surface area contributed by atoms with Crippen molar-refractivity contribution >= 4 is 5.91 Å². The number of rotatable bonds is 4. The van der Waals surface area contributed by atoms with Crippen LogP contribution in [0.25, 0.3) is 0 Å². The minimum Gasteiger partial charge on any atom is -0.378 e. The average Bonchev–Trinajstić information content (AvgIpc) is 2.65. The molecule has 0 aliphatic carbocycles. The van der Waals surface area contributed by atoms with Gasteiger partial charge < -0.3 is 14.8 Å². The average molecular weight is 198 g/mol. The van der Waals surface area contributed by atoms with Crippen LogP contribution in [0.5, 0.6) is 0 Å². The van der Waals surface area contributed by atoms with Crippen LogP contribution >= 0.6 is 0 Å². The predicted octanol–water partition coefficient (Wildman–Crippen LogP) is -0.178. The first-order valence-corrected chi connectivity index (χ1v) is 4.49. The van der Waals surface area contributed by atoms with Gasteiger partial charge in [-0.3, -0.25) is 4.79 Å². The number of carbonyl (C=O) groups is 1. The largest absolute Gasteiger partial charge is 0.378 e. The lowest BCUT2D eigenvalue weighted by molar-refractivity contribution is -0.121. The molecule has 0 aromatic rings. The fourth-order valence-electron chi connectivity index (χ4n) is 1.36. The van der Waals surface area contributed by atoms with Crippen molar-refractivity contribution in [3.8, 4) is 6.07 Å². The maximum atomic E-state index is 11.0. The fourth-order valence-corrected chi connectivity index (χ4v) is 1.36. The SMILES string of the molecule is COC1(CNC(=O)CC#N)CCOC1. The van der Waals surface area contributed by atoms with Crippen molar-refractivity contribution in [2.24, 2.45) is 0 Å². The maximum absolute atomic E-state index is 11.0. The van der Waals surface area contributed by atoms with Gasteiger partial charge in [-0.1, -0.05) is 0 Å². The Morgan fingerprint density at radius 1 is 1.79 bits per heavy atom. The molecular formula is C9H14N2O3. The summed E-state index contributed by atoms with van der Waals surface area (Å²) in [6.45, 7) is 1.56. The molecule has 1 rings (SSSR count). The first-order valence-electron chi connectivity index (χ1n) is 4.49. The Balaban J connectivity index is 2.35. The summed E-state index contributed by atoms with van der Waals surface area (Å²) in [5.74, 6) is -0.268. The number of nitrogens with zero attached hydrogens (tertiary/aromatic N) is 1. The van der Waals surface area contributed by atoms with E-state index in [1.807, 2.05) is 0 Å². The van der Waals surface area contributed by atoms with E-state index in [2.05, 4.69) is 5.32 Å². The molecule has 1 N–H and O–H groups in total. The Kier molecular flexibility index (Phi) is 3.86. The van der Waals surface area contributed by atoms with E-state index in [0.29, 0.717) is 19.8 Å². The smallest absolute Gasteiger partial charge is 0.234 e. The third-order valence-corrected chi connectivity index (χ3v) is 2.35. The van der Waals surface area contributed by atoms with Crippen molar-refractivity contribution in [3.05, 3.63) is 0 Å². The van der Waals surface area contributed by atoms with Gasteiger partial charge in [-0.2, -0.15) is 5.26 Å². The van der Waals surface area contributed by atoms with Crippen LogP contribution in [0.2, 0.25) is 0 Å². The Labute approximate surface area is 83.0 Å². The van der Waals surface area contributed by atoms with Crippen molar-refractivity contribution in [3.63, 3.8) is 0 Å². The van der Waals surface area contributed by atoms with E-state index in [9.17, 15) is 4.79 Å². The van der Waals surface area contributed by atoms with Gasteiger partial charge in [0.05, 0.1) is 12.7 Å². The van der Waals surface area contributed by atoms with Crippen molar-refractivity contribution < 1.29 is 14.3 Å². The molecule has 0 radical (unpaired) electrons. The molecule has 5 nitrogen and oxygen atoms in total. The lowest BCUT2D eigenvalue weighted by atomic mass is 10.0. The van der Waals surface area contributed by atoms with E-state index in [4.69, 9.17) is 14.7 Å². The predicted molar refractivity (Wildman–Crippen MR) is 48.4 cm³/mol. The van der Waals surface area contributed by atoms with E-state index in [1.54, 1.807) is 13.2 Å². The molecule has 14 heavy (non-hydrogen) atoms. The van der Waals surface area contributed by atoms with Crippen LogP contribution in [0.3, 0.4) is 0 Å². The Morgan fingerprint density at radius 2 is 2.57 bits per heavy atom. The van der Waals surface area contributed by atoms with E-state index in [0.717, 1.165) is 6.42 Å². The van der Waals surface area contributed by atoms with Crippen molar-refractivity contribution in [2.45, 2.75) is 18.4 Å². The zero-order valence-corrected chi connectivity index (χ0v) is 8.21. The first kappa shape index (κ1) is 11.0. The summed E-state index contributed by atoms with van der Waals surface area (Å²) < 4.78 is 10.5. The molecule has 1 unspecified atom stereocenters. The third-order valence-electron chi connectivity index (χ3n) is 2.35. The summed E-state index contributed by atoms with van der Waals surface area (Å²) >= 11 is 0. The van der Waals surface area contributed by atoms with Gasteiger partial charge in [0.1, 0.15) is 12.0 Å². The molecular weight excluding hydrogens is 184 g/mol. The molecule has 78 valence electrons. The van der Waals surface area contributed by atoms with Crippen molar-refractivity contribution in [1.29, 1.82) is 5.26 Å². The number of methoxy groups -OCH3 is 1. The molecule has 1 saturated heterocycles. The minimum absolute atomic E-state index is 0.110. The maximum Gasteiger partial charge on any atom is 0.234 e. The van der Waals surface area contributed by atoms with Gasteiger partial charge in [-0.25, -0.2) is 0 Å². The summed E-state index contributed by atoms with van der Waals surface area (Å²) in [5.41, 5.74) is -0.398. The second kappa shape index (κ2) is 4.94. The van der Waals surface area contributed by atoms with Crippen LogP contribution in [0.15, 0.2) is 0 Å². The summed E-state index contributed by atoms with van der Waals surface area (Å²) in [6.07, 6.45) is 0.664. The van der Waals surface area contributed by atoms with Gasteiger partial charge in [-0.15, -0.1) is 0 Å². The molecule has 5 heteroatoms. The van der Waals surface area contributed by atoms with Crippen molar-refractivity contribution in [2.75, 3.05) is 26.9 Å². The highest BCUT2D eigenvalue weighted by Crippen LogP contribution is 2.21. The fraction of sp³-hybridized carbons (Fsp3) is 0.778. The van der Waals surface area contributed by atoms with Gasteiger partial charge in [0.25, 0.3) is 0 Å². The minimum atomic E-state index is -0.398. The first-order chi connectivity index (χ1) is 6.72. The lowest BCUT2D eigenvalue weighted by Crippen LogP contribution is -2.44. The molecule has 1 fully saturated rings. The number of nitrogens with one attached hydrogen (secondary N) is 1. The highest BCUT2D eigenvalue weighted by molar-refractivity contribution is 5.78. The standard InChI is InChI=1S/C9H14N2O3/c1-13-9(3-5-14-7-9)6-11-8(12)2-4-10/h2-3,5-7H2,1H3,(H,11,12). The van der Waals surface area contributed by atoms with Gasteiger partial charge >= 0.3 is 0 Å². The van der Waals surface area contributed by atoms with Gasteiger partial charge in [-0.05, 0) is 0 Å². The normalized spacial score (nSPS) is 25.7. The molecule has 0 spiro atoms. The van der Waals surface area contributed by atoms with Crippen LogP contribution in [0.1, 0.15) is 12.8 Å². The molecule has 0 aromatic carbocycles. The Bertz CT molecular complexity index is 241. The van der Waals surface area contributed by atoms with Gasteiger partial charge in [0.15, 0.2) is 0 Å². The van der Waals surface area contributed by atoms with Crippen LogP contribution < -0.4 is 5.32 Å². The summed E-state index contributed by atoms with van der Waals surface area (Å²) in [4.78, 5) is 11.0. The quantitative estimate of drug-likeness (QED) is 0.680. The molecule has 1 atom stereocenters. The zero-order chi connectivity index (χ0) is 10.4. The Morgan fingerprint density at radius 3 is 3.07 bits per heavy atom. The number of hydrogen-bond acceptors (Lipinski definition) is 4. The van der Waals surface area contributed by atoms with Gasteiger partial charge in [0.2, 0.25) is 5.91 Å². The number of carbonyl (C=O) groups excluding carboxylic acids is 1. The van der Waals surface area contributed by atoms with Crippen LogP contribution in [0.4, 0.5) is 0 Å². The number of ether oxygens (including phenoxy) is 2. The summed E-state index contributed by atoms with van der Waals surface area (Å²) in [5, 5.41) is 10.9. The van der Waals surface area contributed by atoms with E-state index < -0.39 is 5.60 Å². The number of nitriles is 1. The molecule has 0 bridgehead atoms. The number of hydrogen-bond donors (Lipinski definition) is 1. The number of amides is 1. The van der Waals surface area contributed by atoms with E-state index >= 15 is 0 Å². The summed E-state index contributed by atoms with van der Waals surface area (Å²) in [7, 11) is 1.60. The third kappa shape index (κ3) is 2.69. The topological polar surface area (TPSA) is 71.3 Å². The van der Waals surface area contributed by atoms with E-state index in [-0.39, 0.29) is 12.3 Å². The van der Waals surface area contributed by atoms with Crippen molar-refractivity contribution in [1.82, 2.24) is 5.32 Å². The Hall–Kier alpha value is -1.12. The molecule has 1 amide bonds. The van der Waals surface area contributed by atoms with E-state index in [1.165, 1.54) is 0 Å². The van der Waals surface area contributed by atoms with Crippen LogP contribution in [-0.4, -0.2) is 38.4 Å². The molecule has 0 aromatic heterocycles. The van der Waals surface area contributed by atoms with Gasteiger partial charge in [0, 0.05) is 26.7 Å². The van der Waals surface area contributed by atoms with Crippen LogP contribution in [-0.2, 0) is 14.3 Å². The zero-order valence-electron chi connectivity index (χ0n) is 8.21. The molecule has 1 aliphatic heterocycles. The lowest BCUT2D eigenvalue weighted by Gasteiger charge is -2.25. The highest BCUT2D eigenvalue weighted by atomic mass is 16.5. The highest BCUT2D eigenvalue weighted by Gasteiger charge is 2.35. The van der Waals surface area contributed by atoms with Crippen LogP contribution in [0, 0.1) is 11.3 Å². The summed E-state index contributed by atoms with van der Waals surface area (Å²) in [6, 6.07) is 1.79.